The van der Waals surface area contributed by atoms with E-state index in [9.17, 15) is 4.79 Å². The third-order valence-corrected chi connectivity index (χ3v) is 1.63. The van der Waals surface area contributed by atoms with Crippen molar-refractivity contribution in [3.63, 3.8) is 0 Å². The summed E-state index contributed by atoms with van der Waals surface area (Å²) in [6.07, 6.45) is 0.0304. The second kappa shape index (κ2) is 635. The molecule has 1 radical (unpaired) electrons. The Kier molecular flexibility index (Phi) is 1760. The standard InChI is InChI=1S/C9H10NO2.19F2.FH.Y/c1-6-4-8(10)3-2-7(6)5-9(11)12;19*1-2;;/h2,4H,5,10H2,1H3,(H,11,12);;;;;;;;;;;;;;;;;;;;1H;/q-1;;;;;;;;;;;;;;;;;;;;;. The molecule has 1 aromatic rings. The van der Waals surface area contributed by atoms with Crippen molar-refractivity contribution in [2.75, 3.05) is 5.73 Å². The quantitative estimate of drug-likeness (QED) is 0.176. The fourth-order valence-electron chi connectivity index (χ4n) is 1.01. The van der Waals surface area contributed by atoms with Gasteiger partial charge in [-0.25, -0.2) is 0 Å². The van der Waals surface area contributed by atoms with Crippen molar-refractivity contribution in [3.05, 3.63) is 29.3 Å². The Morgan fingerprint density at radius 1 is 0.481 bits per heavy atom. The first-order chi connectivity index (χ1) is 24.6. The molecule has 3 nitrogen and oxygen atoms in total. The van der Waals surface area contributed by atoms with E-state index in [0.29, 0.717) is 5.69 Å². The van der Waals surface area contributed by atoms with Crippen LogP contribution < -0.4 is 5.73 Å². The van der Waals surface area contributed by atoms with Crippen LogP contribution in [-0.4, -0.2) is 11.1 Å². The number of halogens is 39. The molecule has 43 heteroatoms. The number of carbonyl (C=O) groups is 1. The van der Waals surface area contributed by atoms with Gasteiger partial charge in [0.1, 0.15) is 0 Å². The van der Waals surface area contributed by atoms with Crippen LogP contribution in [0.2, 0.25) is 0 Å². The molecule has 1 aromatic carbocycles. The number of carboxylic acids is 1. The molecule has 3 N–H and O–H groups in total. The van der Waals surface area contributed by atoms with Crippen LogP contribution in [0.3, 0.4) is 0 Å². The summed E-state index contributed by atoms with van der Waals surface area (Å²) in [6.45, 7) is 1.84. The average molecular weight is 995 g/mol. The van der Waals surface area contributed by atoms with E-state index in [4.69, 9.17) is 185 Å². The van der Waals surface area contributed by atoms with Crippen LogP contribution in [-0.2, 0) is 43.9 Å². The zero-order valence-corrected chi connectivity index (χ0v) is 25.0. The number of benzene rings is 1. The van der Waals surface area contributed by atoms with E-state index < -0.39 is 5.97 Å². The number of rotatable bonds is 2. The summed E-state index contributed by atoms with van der Waals surface area (Å²) in [4.78, 5) is 10.4. The van der Waals surface area contributed by atoms with Gasteiger partial charge in [-0.05, 0) is 0 Å². The van der Waals surface area contributed by atoms with Gasteiger partial charge in [0.2, 0.25) is 0 Å². The topological polar surface area (TPSA) is 63.3 Å². The predicted octanol–water partition coefficient (Wildman–Crippen LogP) is 17.1. The Morgan fingerprint density at radius 2 is 0.635 bits per heavy atom. The van der Waals surface area contributed by atoms with E-state index in [1.165, 1.54) is 0 Å². The molecule has 0 aliphatic carbocycles. The molecular weight excluding hydrogens is 984 g/mol. The number of hydrogen-bond donors (Lipinski definition) is 2. The first kappa shape index (κ1) is 144. The first-order valence-corrected chi connectivity index (χ1v) is 6.29. The molecule has 0 spiro atoms. The van der Waals surface area contributed by atoms with Crippen molar-refractivity contribution >= 4 is 11.7 Å². The molecule has 0 saturated carbocycles. The van der Waals surface area contributed by atoms with E-state index in [2.05, 4.69) is 6.07 Å². The van der Waals surface area contributed by atoms with Crippen LogP contribution in [0.4, 0.5) is 184 Å². The minimum atomic E-state index is -0.837. The largest absolute Gasteiger partial charge is 0.482 e. The first-order valence-electron chi connectivity index (χ1n) is 6.29. The van der Waals surface area contributed by atoms with E-state index in [1.54, 1.807) is 12.1 Å². The molecule has 0 bridgehead atoms. The number of nitrogens with two attached hydrogens (primary N) is 1. The second-order valence-corrected chi connectivity index (χ2v) is 2.67. The Bertz CT molecular complexity index is 355. The van der Waals surface area contributed by atoms with Crippen LogP contribution in [0.1, 0.15) is 11.1 Å². The third kappa shape index (κ3) is 513. The van der Waals surface area contributed by atoms with E-state index in [-0.39, 0.29) is 43.8 Å². The van der Waals surface area contributed by atoms with Gasteiger partial charge in [-0.2, -0.15) is 17.7 Å². The zero-order chi connectivity index (χ0) is 47.1. The van der Waals surface area contributed by atoms with Crippen molar-refractivity contribution in [1.82, 2.24) is 0 Å². The maximum absolute atomic E-state index is 10.4. The van der Waals surface area contributed by atoms with E-state index in [0.717, 1.165) is 11.1 Å². The van der Waals surface area contributed by atoms with E-state index >= 15 is 0 Å². The number of anilines is 1. The molecule has 1 rings (SSSR count). The summed E-state index contributed by atoms with van der Waals surface area (Å²) in [6, 6.07) is 6.10. The number of nitrogen functional groups attached to an aromatic ring is 1. The molecule has 341 valence electrons. The van der Waals surface area contributed by atoms with Gasteiger partial charge in [0.15, 0.2) is 0 Å². The molecule has 0 heterocycles. The van der Waals surface area contributed by atoms with Crippen molar-refractivity contribution < 1.29 is 221 Å². The van der Waals surface area contributed by atoms with Gasteiger partial charge in [-0.15, -0.1) is 11.6 Å². The molecule has 0 aromatic heterocycles. The maximum atomic E-state index is 10.4. The summed E-state index contributed by atoms with van der Waals surface area (Å²) in [5.41, 5.74) is 7.66. The fraction of sp³-hybridized carbons (Fsp3) is 0.222. The molecule has 0 amide bonds. The molecule has 0 atom stereocenters. The Labute approximate surface area is 282 Å². The number of carboxylic acid groups (broad SMARTS) is 1. The van der Waals surface area contributed by atoms with Gasteiger partial charge in [-0.1, -0.05) is 12.6 Å². The maximum Gasteiger partial charge on any atom is 0.296 e. The Morgan fingerprint density at radius 3 is 0.750 bits per heavy atom. The Balaban J connectivity index is -0.0000000111. The van der Waals surface area contributed by atoms with Crippen LogP contribution in [0.5, 0.6) is 0 Å². The smallest absolute Gasteiger partial charge is 0.296 e. The summed E-state index contributed by atoms with van der Waals surface area (Å²) in [5, 5.41) is 8.52. The van der Waals surface area contributed by atoms with E-state index in [1.807, 2.05) is 6.92 Å². The summed E-state index contributed by atoms with van der Waals surface area (Å²) in [7, 11) is 0. The van der Waals surface area contributed by atoms with Crippen molar-refractivity contribution in [2.45, 2.75) is 13.3 Å². The summed E-state index contributed by atoms with van der Waals surface area (Å²) < 4.78 is 304. The van der Waals surface area contributed by atoms with Crippen LogP contribution in [0, 0.1) is 13.0 Å². The minimum Gasteiger partial charge on any atom is -0.482 e. The van der Waals surface area contributed by atoms with Crippen molar-refractivity contribution in [3.8, 4) is 0 Å². The third-order valence-electron chi connectivity index (χ3n) is 1.63. The van der Waals surface area contributed by atoms with Crippen molar-refractivity contribution in [2.24, 2.45) is 0 Å². The molecule has 0 fully saturated rings. The number of aryl methyl sites for hydroxylation is 1. The number of aliphatic carboxylic acids is 1. The number of hydrogen-bond acceptors (Lipinski definition) is 2. The Hall–Kier alpha value is -3.14. The fourth-order valence-corrected chi connectivity index (χ4v) is 1.01. The minimum absolute atomic E-state index is 0. The summed E-state index contributed by atoms with van der Waals surface area (Å²) in [5.74, 6) is -0.837. The van der Waals surface area contributed by atoms with Gasteiger partial charge in [0.25, 0.3) is 5.97 Å². The van der Waals surface area contributed by atoms with Crippen LogP contribution >= 0.6 is 0 Å². The monoisotopic (exact) mass is 995 g/mol. The molecule has 0 aliphatic rings. The second-order valence-electron chi connectivity index (χ2n) is 2.67. The van der Waals surface area contributed by atoms with Crippen LogP contribution in [0.15, 0.2) is 12.1 Å². The zero-order valence-electron chi connectivity index (χ0n) is 22.1. The SMILES string of the molecule is Cc1cc(N)[c-]cc1CC(=O)O.F.FF.FF.FF.FF.FF.FF.FF.FF.FF.FF.FF.FF.FF.FF.FF.FF.FF.FF.FF.[Y]. The van der Waals surface area contributed by atoms with Gasteiger partial charge in [0.05, 0.1) is 0 Å². The van der Waals surface area contributed by atoms with Gasteiger partial charge >= 0.3 is 0 Å². The molecular formula is C9H11F39NO2Y-. The average Bonchev–Trinajstić information content (AvgIpc) is 3.29. The summed E-state index contributed by atoms with van der Waals surface area (Å²) >= 11 is 0. The van der Waals surface area contributed by atoms with Gasteiger partial charge in [-0.3, -0.25) is 9.50 Å². The van der Waals surface area contributed by atoms with Crippen molar-refractivity contribution in [1.29, 1.82) is 0 Å². The normalized spacial score (nSPS) is 4.44. The van der Waals surface area contributed by atoms with Gasteiger partial charge < -0.3 is 10.8 Å². The molecule has 0 unspecified atom stereocenters. The molecule has 0 saturated heterocycles. The van der Waals surface area contributed by atoms with Gasteiger partial charge in [0, 0.05) is 213 Å². The molecule has 0 aliphatic heterocycles. The molecule has 52 heavy (non-hydrogen) atoms. The van der Waals surface area contributed by atoms with Crippen LogP contribution in [0.25, 0.3) is 0 Å². The predicted molar refractivity (Wildman–Crippen MR) is 90.4 cm³/mol.